The first-order chi connectivity index (χ1) is 8.42. The molecule has 17 heavy (non-hydrogen) atoms. The first-order valence-electron chi connectivity index (χ1n) is 5.94. The summed E-state index contributed by atoms with van der Waals surface area (Å²) in [5.74, 6) is 2.20. The maximum atomic E-state index is 5.35. The maximum Gasteiger partial charge on any atom is 0.156 e. The molecule has 0 saturated carbocycles. The Balaban J connectivity index is 1.72. The van der Waals surface area contributed by atoms with Gasteiger partial charge in [-0.1, -0.05) is 30.3 Å². The Bertz CT molecular complexity index is 474. The number of rotatable bonds is 3. The fourth-order valence-electron chi connectivity index (χ4n) is 2.10. The molecule has 1 N–H and O–H groups in total. The van der Waals surface area contributed by atoms with Crippen LogP contribution in [0.5, 0.6) is 0 Å². The Morgan fingerprint density at radius 3 is 2.94 bits per heavy atom. The Kier molecular flexibility index (Phi) is 2.88. The highest BCUT2D eigenvalue weighted by atomic mass is 16.5. The van der Waals surface area contributed by atoms with Crippen molar-refractivity contribution in [2.75, 3.05) is 13.2 Å². The lowest BCUT2D eigenvalue weighted by Gasteiger charge is -1.99. The number of nitrogens with zero attached hydrogens (tertiary/aromatic N) is 2. The molecule has 1 aromatic carbocycles. The summed E-state index contributed by atoms with van der Waals surface area (Å²) in [7, 11) is 0. The molecule has 0 amide bonds. The van der Waals surface area contributed by atoms with E-state index < -0.39 is 0 Å². The minimum atomic E-state index is 0.371. The summed E-state index contributed by atoms with van der Waals surface area (Å²) in [5.41, 5.74) is 1.25. The summed E-state index contributed by atoms with van der Waals surface area (Å²) in [6, 6.07) is 10.3. The number of ether oxygens (including phenoxy) is 1. The molecule has 3 rings (SSSR count). The SMILES string of the molecule is c1ccc(Cc2nc([C@@H]3CCOC3)n[nH]2)cc1. The van der Waals surface area contributed by atoms with Crippen LogP contribution in [-0.2, 0) is 11.2 Å². The molecule has 1 fully saturated rings. The lowest BCUT2D eigenvalue weighted by Crippen LogP contribution is -2.00. The van der Waals surface area contributed by atoms with Gasteiger partial charge in [-0.3, -0.25) is 5.10 Å². The number of nitrogens with one attached hydrogen (secondary N) is 1. The molecule has 1 saturated heterocycles. The zero-order chi connectivity index (χ0) is 11.5. The van der Waals surface area contributed by atoms with Gasteiger partial charge in [-0.2, -0.15) is 5.10 Å². The maximum absolute atomic E-state index is 5.35. The minimum absolute atomic E-state index is 0.371. The van der Waals surface area contributed by atoms with E-state index in [1.165, 1.54) is 5.56 Å². The van der Waals surface area contributed by atoms with Crippen LogP contribution >= 0.6 is 0 Å². The van der Waals surface area contributed by atoms with Gasteiger partial charge in [0.15, 0.2) is 5.82 Å². The minimum Gasteiger partial charge on any atom is -0.381 e. The number of aromatic nitrogens is 3. The molecule has 88 valence electrons. The van der Waals surface area contributed by atoms with Crippen molar-refractivity contribution in [1.82, 2.24) is 15.2 Å². The van der Waals surface area contributed by atoms with Gasteiger partial charge in [0.1, 0.15) is 5.82 Å². The second-order valence-electron chi connectivity index (χ2n) is 4.36. The molecule has 1 aromatic heterocycles. The number of H-pyrrole nitrogens is 1. The number of aromatic amines is 1. The molecule has 4 heteroatoms. The Hall–Kier alpha value is -1.68. The van der Waals surface area contributed by atoms with E-state index in [1.54, 1.807) is 0 Å². The van der Waals surface area contributed by atoms with Crippen molar-refractivity contribution < 1.29 is 4.74 Å². The van der Waals surface area contributed by atoms with Crippen molar-refractivity contribution in [1.29, 1.82) is 0 Å². The number of hydrogen-bond donors (Lipinski definition) is 1. The molecule has 2 heterocycles. The molecule has 1 aliphatic heterocycles. The van der Waals surface area contributed by atoms with Gasteiger partial charge >= 0.3 is 0 Å². The predicted octanol–water partition coefficient (Wildman–Crippen LogP) is 1.90. The summed E-state index contributed by atoms with van der Waals surface area (Å²) in [4.78, 5) is 4.54. The van der Waals surface area contributed by atoms with Crippen molar-refractivity contribution in [3.05, 3.63) is 47.5 Å². The van der Waals surface area contributed by atoms with Crippen LogP contribution in [-0.4, -0.2) is 28.4 Å². The van der Waals surface area contributed by atoms with E-state index in [9.17, 15) is 0 Å². The molecule has 2 aromatic rings. The van der Waals surface area contributed by atoms with Crippen molar-refractivity contribution in [3.63, 3.8) is 0 Å². The van der Waals surface area contributed by atoms with Gasteiger partial charge in [0, 0.05) is 18.9 Å². The quantitative estimate of drug-likeness (QED) is 0.874. The average molecular weight is 229 g/mol. The summed E-state index contributed by atoms with van der Waals surface area (Å²) in [5, 5.41) is 7.29. The van der Waals surface area contributed by atoms with Gasteiger partial charge in [0.05, 0.1) is 6.61 Å². The third-order valence-electron chi connectivity index (χ3n) is 3.06. The zero-order valence-corrected chi connectivity index (χ0v) is 9.60. The first kappa shape index (κ1) is 10.5. The highest BCUT2D eigenvalue weighted by Crippen LogP contribution is 2.22. The highest BCUT2D eigenvalue weighted by Gasteiger charge is 2.21. The Labute approximate surface area is 100 Å². The normalized spacial score (nSPS) is 19.6. The standard InChI is InChI=1S/C13H15N3O/c1-2-4-10(5-3-1)8-12-14-13(16-15-12)11-6-7-17-9-11/h1-5,11H,6-9H2,(H,14,15,16)/t11-/m1/s1. The van der Waals surface area contributed by atoms with Gasteiger partial charge < -0.3 is 4.74 Å². The van der Waals surface area contributed by atoms with Gasteiger partial charge in [0.25, 0.3) is 0 Å². The monoisotopic (exact) mass is 229 g/mol. The molecule has 1 aliphatic rings. The van der Waals surface area contributed by atoms with E-state index in [0.29, 0.717) is 5.92 Å². The van der Waals surface area contributed by atoms with Crippen LogP contribution in [0.4, 0.5) is 0 Å². The molecular weight excluding hydrogens is 214 g/mol. The van der Waals surface area contributed by atoms with E-state index in [-0.39, 0.29) is 0 Å². The van der Waals surface area contributed by atoms with Gasteiger partial charge in [0.2, 0.25) is 0 Å². The predicted molar refractivity (Wildman–Crippen MR) is 63.8 cm³/mol. The van der Waals surface area contributed by atoms with E-state index in [1.807, 2.05) is 18.2 Å². The molecule has 0 bridgehead atoms. The molecule has 0 spiro atoms. The number of hydrogen-bond acceptors (Lipinski definition) is 3. The highest BCUT2D eigenvalue weighted by molar-refractivity contribution is 5.18. The van der Waals surface area contributed by atoms with Crippen LogP contribution < -0.4 is 0 Å². The smallest absolute Gasteiger partial charge is 0.156 e. The van der Waals surface area contributed by atoms with Gasteiger partial charge in [-0.05, 0) is 12.0 Å². The average Bonchev–Trinajstić information content (AvgIpc) is 3.00. The van der Waals surface area contributed by atoms with Crippen LogP contribution in [0.15, 0.2) is 30.3 Å². The Morgan fingerprint density at radius 1 is 1.29 bits per heavy atom. The van der Waals surface area contributed by atoms with Crippen molar-refractivity contribution in [2.45, 2.75) is 18.8 Å². The fourth-order valence-corrected chi connectivity index (χ4v) is 2.10. The zero-order valence-electron chi connectivity index (χ0n) is 9.60. The third kappa shape index (κ3) is 2.36. The van der Waals surface area contributed by atoms with Crippen molar-refractivity contribution in [3.8, 4) is 0 Å². The summed E-state index contributed by atoms with van der Waals surface area (Å²) in [6.07, 6.45) is 1.84. The second-order valence-corrected chi connectivity index (χ2v) is 4.36. The summed E-state index contributed by atoms with van der Waals surface area (Å²) < 4.78 is 5.35. The van der Waals surface area contributed by atoms with E-state index in [2.05, 4.69) is 27.3 Å². The first-order valence-corrected chi connectivity index (χ1v) is 5.94. The largest absolute Gasteiger partial charge is 0.381 e. The lowest BCUT2D eigenvalue weighted by molar-refractivity contribution is 0.193. The summed E-state index contributed by atoms with van der Waals surface area (Å²) >= 11 is 0. The molecule has 0 aliphatic carbocycles. The summed E-state index contributed by atoms with van der Waals surface area (Å²) in [6.45, 7) is 1.58. The van der Waals surface area contributed by atoms with Crippen LogP contribution in [0.2, 0.25) is 0 Å². The molecule has 0 unspecified atom stereocenters. The van der Waals surface area contributed by atoms with Crippen LogP contribution in [0.1, 0.15) is 29.6 Å². The van der Waals surface area contributed by atoms with Crippen LogP contribution in [0.3, 0.4) is 0 Å². The van der Waals surface area contributed by atoms with Crippen molar-refractivity contribution >= 4 is 0 Å². The molecule has 1 atom stereocenters. The molecular formula is C13H15N3O. The van der Waals surface area contributed by atoms with Crippen molar-refractivity contribution in [2.24, 2.45) is 0 Å². The third-order valence-corrected chi connectivity index (χ3v) is 3.06. The lowest BCUT2D eigenvalue weighted by atomic mass is 10.1. The van der Waals surface area contributed by atoms with E-state index in [0.717, 1.165) is 37.7 Å². The van der Waals surface area contributed by atoms with Crippen LogP contribution in [0, 0.1) is 0 Å². The van der Waals surface area contributed by atoms with E-state index in [4.69, 9.17) is 4.74 Å². The fraction of sp³-hybridized carbons (Fsp3) is 0.385. The Morgan fingerprint density at radius 2 is 2.18 bits per heavy atom. The molecule has 0 radical (unpaired) electrons. The second kappa shape index (κ2) is 4.67. The van der Waals surface area contributed by atoms with Gasteiger partial charge in [-0.15, -0.1) is 0 Å². The topological polar surface area (TPSA) is 50.8 Å². The molecule has 4 nitrogen and oxygen atoms in total. The van der Waals surface area contributed by atoms with Crippen LogP contribution in [0.25, 0.3) is 0 Å². The van der Waals surface area contributed by atoms with E-state index >= 15 is 0 Å². The number of benzene rings is 1. The van der Waals surface area contributed by atoms with Gasteiger partial charge in [-0.25, -0.2) is 4.98 Å².